The second kappa shape index (κ2) is 6.17. The summed E-state index contributed by atoms with van der Waals surface area (Å²) in [4.78, 5) is 7.80. The summed E-state index contributed by atoms with van der Waals surface area (Å²) in [5, 5.41) is 3.70. The van der Waals surface area contributed by atoms with Gasteiger partial charge in [-0.15, -0.1) is 0 Å². The van der Waals surface area contributed by atoms with Crippen molar-refractivity contribution >= 4 is 29.0 Å². The summed E-state index contributed by atoms with van der Waals surface area (Å²) in [6, 6.07) is 6.46. The smallest absolute Gasteiger partial charge is 0.224 e. The quantitative estimate of drug-likeness (QED) is 0.868. The summed E-state index contributed by atoms with van der Waals surface area (Å²) in [6.07, 6.45) is 2.17. The van der Waals surface area contributed by atoms with Crippen molar-refractivity contribution in [2.24, 2.45) is 0 Å². The number of nitrogens with zero attached hydrogens (tertiary/aromatic N) is 2. The Morgan fingerprint density at radius 2 is 1.95 bits per heavy atom. The van der Waals surface area contributed by atoms with Gasteiger partial charge < -0.3 is 5.32 Å². The Morgan fingerprint density at radius 3 is 2.63 bits per heavy atom. The van der Waals surface area contributed by atoms with E-state index in [0.29, 0.717) is 10.8 Å². The maximum atomic E-state index is 12.8. The predicted molar refractivity (Wildman–Crippen MR) is 75.2 cm³/mol. The average molecular weight is 300 g/mol. The highest BCUT2D eigenvalue weighted by Crippen LogP contribution is 2.20. The molecule has 19 heavy (non-hydrogen) atoms. The summed E-state index contributed by atoms with van der Waals surface area (Å²) in [7, 11) is 0. The van der Waals surface area contributed by atoms with Gasteiger partial charge in [0.1, 0.15) is 16.7 Å². The third-order valence-corrected chi connectivity index (χ3v) is 3.01. The first-order chi connectivity index (χ1) is 9.04. The van der Waals surface area contributed by atoms with E-state index in [0.717, 1.165) is 12.0 Å². The van der Waals surface area contributed by atoms with Crippen LogP contribution in [-0.4, -0.2) is 16.0 Å². The Balaban J connectivity index is 2.02. The standard InChI is InChI=1S/C13H12Cl2FN3/c1-8(6-9-2-4-10(16)5-3-9)18-12-11(14)7-17-13(15)19-12/h2-5,7-8H,6H2,1H3,(H,17,18,19). The first kappa shape index (κ1) is 14.0. The summed E-state index contributed by atoms with van der Waals surface area (Å²) in [6.45, 7) is 1.98. The summed E-state index contributed by atoms with van der Waals surface area (Å²) >= 11 is 11.7. The minimum absolute atomic E-state index is 0.0777. The second-order valence-corrected chi connectivity index (χ2v) is 4.96. The molecule has 0 radical (unpaired) electrons. The zero-order valence-corrected chi connectivity index (χ0v) is 11.7. The fraction of sp³-hybridized carbons (Fsp3) is 0.231. The number of halogens is 3. The van der Waals surface area contributed by atoms with Gasteiger partial charge in [0.15, 0.2) is 0 Å². The highest BCUT2D eigenvalue weighted by Gasteiger charge is 2.09. The van der Waals surface area contributed by atoms with Crippen molar-refractivity contribution in [1.82, 2.24) is 9.97 Å². The van der Waals surface area contributed by atoms with E-state index in [9.17, 15) is 4.39 Å². The maximum absolute atomic E-state index is 12.8. The molecule has 0 bridgehead atoms. The van der Waals surface area contributed by atoms with Gasteiger partial charge in [-0.25, -0.2) is 9.37 Å². The van der Waals surface area contributed by atoms with Crippen LogP contribution in [-0.2, 0) is 6.42 Å². The maximum Gasteiger partial charge on any atom is 0.224 e. The third-order valence-electron chi connectivity index (χ3n) is 2.55. The highest BCUT2D eigenvalue weighted by molar-refractivity contribution is 6.33. The van der Waals surface area contributed by atoms with Crippen molar-refractivity contribution in [2.75, 3.05) is 5.32 Å². The Hall–Kier alpha value is -1.39. The van der Waals surface area contributed by atoms with Gasteiger partial charge in [0.2, 0.25) is 5.28 Å². The van der Waals surface area contributed by atoms with E-state index in [1.165, 1.54) is 18.3 Å². The Labute approximate surface area is 120 Å². The molecule has 1 atom stereocenters. The molecule has 0 fully saturated rings. The first-order valence-electron chi connectivity index (χ1n) is 5.73. The number of anilines is 1. The number of aromatic nitrogens is 2. The molecule has 100 valence electrons. The Bertz CT molecular complexity index is 560. The molecule has 0 amide bonds. The normalized spacial score (nSPS) is 12.2. The van der Waals surface area contributed by atoms with Crippen molar-refractivity contribution < 1.29 is 4.39 Å². The van der Waals surface area contributed by atoms with Gasteiger partial charge in [-0.05, 0) is 42.6 Å². The van der Waals surface area contributed by atoms with Gasteiger partial charge in [-0.3, -0.25) is 0 Å². The minimum Gasteiger partial charge on any atom is -0.366 e. The van der Waals surface area contributed by atoms with Crippen LogP contribution in [0.25, 0.3) is 0 Å². The zero-order valence-electron chi connectivity index (χ0n) is 10.2. The molecule has 0 saturated carbocycles. The van der Waals surface area contributed by atoms with Crippen LogP contribution < -0.4 is 5.32 Å². The van der Waals surface area contributed by atoms with E-state index in [-0.39, 0.29) is 17.1 Å². The van der Waals surface area contributed by atoms with Crippen LogP contribution in [0.2, 0.25) is 10.3 Å². The molecule has 1 heterocycles. The van der Waals surface area contributed by atoms with Crippen LogP contribution in [0, 0.1) is 5.82 Å². The van der Waals surface area contributed by atoms with Crippen LogP contribution >= 0.6 is 23.2 Å². The van der Waals surface area contributed by atoms with Crippen LogP contribution in [0.4, 0.5) is 10.2 Å². The average Bonchev–Trinajstić information content (AvgIpc) is 2.37. The van der Waals surface area contributed by atoms with Gasteiger partial charge in [-0.2, -0.15) is 4.98 Å². The zero-order chi connectivity index (χ0) is 13.8. The van der Waals surface area contributed by atoms with E-state index in [2.05, 4.69) is 15.3 Å². The van der Waals surface area contributed by atoms with Crippen molar-refractivity contribution in [3.05, 3.63) is 52.1 Å². The molecule has 3 nitrogen and oxygen atoms in total. The number of hydrogen-bond donors (Lipinski definition) is 1. The predicted octanol–water partition coefficient (Wildman–Crippen LogP) is 3.97. The fourth-order valence-corrected chi connectivity index (χ4v) is 1.98. The molecule has 0 saturated heterocycles. The Kier molecular flexibility index (Phi) is 4.56. The molecule has 0 aliphatic heterocycles. The van der Waals surface area contributed by atoms with E-state index in [1.807, 2.05) is 6.92 Å². The lowest BCUT2D eigenvalue weighted by Crippen LogP contribution is -2.19. The van der Waals surface area contributed by atoms with Gasteiger partial charge in [0, 0.05) is 6.04 Å². The fourth-order valence-electron chi connectivity index (χ4n) is 1.71. The summed E-state index contributed by atoms with van der Waals surface area (Å²) in [5.74, 6) is 0.256. The van der Waals surface area contributed by atoms with E-state index >= 15 is 0 Å². The van der Waals surface area contributed by atoms with E-state index < -0.39 is 0 Å². The largest absolute Gasteiger partial charge is 0.366 e. The lowest BCUT2D eigenvalue weighted by atomic mass is 10.1. The monoisotopic (exact) mass is 299 g/mol. The third kappa shape index (κ3) is 4.04. The molecule has 0 spiro atoms. The topological polar surface area (TPSA) is 37.8 Å². The molecular weight excluding hydrogens is 288 g/mol. The molecular formula is C13H12Cl2FN3. The number of rotatable bonds is 4. The molecule has 6 heteroatoms. The molecule has 2 aromatic rings. The van der Waals surface area contributed by atoms with Crippen LogP contribution in [0.5, 0.6) is 0 Å². The van der Waals surface area contributed by atoms with E-state index in [1.54, 1.807) is 12.1 Å². The first-order valence-corrected chi connectivity index (χ1v) is 6.49. The minimum atomic E-state index is -0.241. The number of nitrogens with one attached hydrogen (secondary N) is 1. The van der Waals surface area contributed by atoms with Crippen LogP contribution in [0.15, 0.2) is 30.5 Å². The van der Waals surface area contributed by atoms with Gasteiger partial charge in [-0.1, -0.05) is 23.7 Å². The molecule has 1 unspecified atom stereocenters. The summed E-state index contributed by atoms with van der Waals surface area (Å²) < 4.78 is 12.8. The molecule has 1 N–H and O–H groups in total. The lowest BCUT2D eigenvalue weighted by Gasteiger charge is -2.15. The van der Waals surface area contributed by atoms with E-state index in [4.69, 9.17) is 23.2 Å². The molecule has 1 aromatic heterocycles. The molecule has 0 aliphatic rings. The molecule has 0 aliphatic carbocycles. The van der Waals surface area contributed by atoms with Crippen molar-refractivity contribution in [3.8, 4) is 0 Å². The molecule has 1 aromatic carbocycles. The van der Waals surface area contributed by atoms with Crippen LogP contribution in [0.1, 0.15) is 12.5 Å². The molecule has 2 rings (SSSR count). The van der Waals surface area contributed by atoms with Gasteiger partial charge in [0.25, 0.3) is 0 Å². The SMILES string of the molecule is CC(Cc1ccc(F)cc1)Nc1nc(Cl)ncc1Cl. The van der Waals surface area contributed by atoms with Crippen LogP contribution in [0.3, 0.4) is 0 Å². The number of benzene rings is 1. The van der Waals surface area contributed by atoms with Gasteiger partial charge >= 0.3 is 0 Å². The van der Waals surface area contributed by atoms with Crippen molar-refractivity contribution in [3.63, 3.8) is 0 Å². The highest BCUT2D eigenvalue weighted by atomic mass is 35.5. The van der Waals surface area contributed by atoms with Crippen molar-refractivity contribution in [1.29, 1.82) is 0 Å². The van der Waals surface area contributed by atoms with Gasteiger partial charge in [0.05, 0.1) is 6.20 Å². The van der Waals surface area contributed by atoms with Crippen molar-refractivity contribution in [2.45, 2.75) is 19.4 Å². The lowest BCUT2D eigenvalue weighted by molar-refractivity contribution is 0.626. The Morgan fingerprint density at radius 1 is 1.26 bits per heavy atom. The second-order valence-electron chi connectivity index (χ2n) is 4.21. The summed E-state index contributed by atoms with van der Waals surface area (Å²) in [5.41, 5.74) is 1.03. The number of hydrogen-bond acceptors (Lipinski definition) is 3.